The van der Waals surface area contributed by atoms with Gasteiger partial charge in [0.15, 0.2) is 5.11 Å². The normalized spacial score (nSPS) is 16.4. The fourth-order valence-electron chi connectivity index (χ4n) is 2.81. The van der Waals surface area contributed by atoms with Gasteiger partial charge in [-0.1, -0.05) is 25.1 Å². The first kappa shape index (κ1) is 21.2. The van der Waals surface area contributed by atoms with Gasteiger partial charge in [0.2, 0.25) is 0 Å². The van der Waals surface area contributed by atoms with E-state index in [0.717, 1.165) is 11.3 Å². The van der Waals surface area contributed by atoms with Crippen LogP contribution in [0.25, 0.3) is 6.08 Å². The number of aromatic carboxylic acids is 1. The molecule has 2 amide bonds. The summed E-state index contributed by atoms with van der Waals surface area (Å²) in [4.78, 5) is 37.8. The summed E-state index contributed by atoms with van der Waals surface area (Å²) in [6.45, 7) is 3.93. The molecule has 1 fully saturated rings. The zero-order valence-electron chi connectivity index (χ0n) is 16.4. The van der Waals surface area contributed by atoms with Crippen LogP contribution in [-0.2, 0) is 9.59 Å². The Bertz CT molecular complexity index is 1050. The minimum absolute atomic E-state index is 0.0303. The lowest BCUT2D eigenvalue weighted by atomic mass is 10.1. The van der Waals surface area contributed by atoms with Crippen LogP contribution in [0, 0.1) is 0 Å². The Morgan fingerprint density at radius 2 is 1.87 bits per heavy atom. The zero-order chi connectivity index (χ0) is 21.8. The molecule has 0 aromatic heterocycles. The predicted octanol–water partition coefficient (Wildman–Crippen LogP) is 3.39. The van der Waals surface area contributed by atoms with Crippen LogP contribution in [0.3, 0.4) is 0 Å². The van der Waals surface area contributed by atoms with Gasteiger partial charge in [0.05, 0.1) is 17.4 Å². The summed E-state index contributed by atoms with van der Waals surface area (Å²) in [6.07, 6.45) is 2.24. The molecular weight excluding hydrogens is 404 g/mol. The molecule has 1 aliphatic heterocycles. The highest BCUT2D eigenvalue weighted by molar-refractivity contribution is 7.80. The Labute approximate surface area is 179 Å². The van der Waals surface area contributed by atoms with Gasteiger partial charge >= 0.3 is 5.97 Å². The molecule has 2 aromatic carbocycles. The molecule has 7 nitrogen and oxygen atoms in total. The van der Waals surface area contributed by atoms with Gasteiger partial charge in [-0.15, -0.1) is 0 Å². The smallest absolute Gasteiger partial charge is 0.335 e. The first-order chi connectivity index (χ1) is 14.3. The first-order valence-electron chi connectivity index (χ1n) is 9.32. The summed E-state index contributed by atoms with van der Waals surface area (Å²) in [5.74, 6) is -1.74. The molecule has 0 radical (unpaired) electrons. The molecule has 1 saturated heterocycles. The summed E-state index contributed by atoms with van der Waals surface area (Å²) in [7, 11) is 0. The van der Waals surface area contributed by atoms with Crippen molar-refractivity contribution >= 4 is 46.9 Å². The van der Waals surface area contributed by atoms with Gasteiger partial charge in [0.25, 0.3) is 11.8 Å². The van der Waals surface area contributed by atoms with E-state index in [0.29, 0.717) is 17.0 Å². The number of carbonyl (C=O) groups is 3. The van der Waals surface area contributed by atoms with E-state index in [1.54, 1.807) is 18.2 Å². The van der Waals surface area contributed by atoms with Crippen LogP contribution in [0.1, 0.15) is 36.2 Å². The average Bonchev–Trinajstić information content (AvgIpc) is 2.72. The standard InChI is InChI=1S/C22H20N2O5S/c1-3-13(2)29-18-7-5-4-6-15(18)12-17-19(25)23-22(30)24(20(17)26)16-10-8-14(9-11-16)21(27)28/h4-13H,3H2,1-2H3,(H,27,28)(H,23,25,30)/b17-12+/t13-/m1/s1. The lowest BCUT2D eigenvalue weighted by molar-refractivity contribution is -0.122. The molecule has 0 saturated carbocycles. The average molecular weight is 424 g/mol. The third-order valence-corrected chi connectivity index (χ3v) is 4.88. The molecule has 2 N–H and O–H groups in total. The molecule has 30 heavy (non-hydrogen) atoms. The van der Waals surface area contributed by atoms with Gasteiger partial charge in [-0.3, -0.25) is 19.8 Å². The van der Waals surface area contributed by atoms with Crippen molar-refractivity contribution in [3.05, 3.63) is 65.2 Å². The number of carboxylic acids is 1. The zero-order valence-corrected chi connectivity index (χ0v) is 17.2. The number of para-hydroxylation sites is 1. The summed E-state index contributed by atoms with van der Waals surface area (Å²) in [5, 5.41) is 11.5. The fraction of sp³-hybridized carbons (Fsp3) is 0.182. The number of carboxylic acid groups (broad SMARTS) is 1. The molecule has 0 spiro atoms. The van der Waals surface area contributed by atoms with E-state index in [1.807, 2.05) is 19.9 Å². The number of hydrogen-bond acceptors (Lipinski definition) is 5. The van der Waals surface area contributed by atoms with Crippen molar-refractivity contribution in [2.45, 2.75) is 26.4 Å². The molecule has 154 valence electrons. The minimum atomic E-state index is -1.08. The number of ether oxygens (including phenoxy) is 1. The molecule has 2 aromatic rings. The third-order valence-electron chi connectivity index (χ3n) is 4.60. The Morgan fingerprint density at radius 3 is 2.50 bits per heavy atom. The van der Waals surface area contributed by atoms with Crippen molar-refractivity contribution < 1.29 is 24.2 Å². The van der Waals surface area contributed by atoms with Gasteiger partial charge in [0.1, 0.15) is 11.3 Å². The van der Waals surface area contributed by atoms with Crippen LogP contribution < -0.4 is 15.0 Å². The summed E-state index contributed by atoms with van der Waals surface area (Å²) in [6, 6.07) is 12.8. The van der Waals surface area contributed by atoms with Crippen LogP contribution in [0.15, 0.2) is 54.1 Å². The number of anilines is 1. The summed E-state index contributed by atoms with van der Waals surface area (Å²) >= 11 is 5.17. The van der Waals surface area contributed by atoms with Gasteiger partial charge in [-0.05, 0) is 62.0 Å². The van der Waals surface area contributed by atoms with E-state index in [2.05, 4.69) is 5.32 Å². The van der Waals surface area contributed by atoms with Crippen LogP contribution in [-0.4, -0.2) is 34.1 Å². The number of benzene rings is 2. The number of rotatable bonds is 6. The number of hydrogen-bond donors (Lipinski definition) is 2. The SMILES string of the molecule is CC[C@@H](C)Oc1ccccc1/C=C1\C(=O)NC(=S)N(c2ccc(C(=O)O)cc2)C1=O. The van der Waals surface area contributed by atoms with Crippen molar-refractivity contribution in [1.82, 2.24) is 5.32 Å². The molecule has 0 bridgehead atoms. The van der Waals surface area contributed by atoms with E-state index in [-0.39, 0.29) is 22.4 Å². The van der Waals surface area contributed by atoms with Crippen molar-refractivity contribution in [2.24, 2.45) is 0 Å². The van der Waals surface area contributed by atoms with E-state index in [4.69, 9.17) is 22.1 Å². The molecular formula is C22H20N2O5S. The minimum Gasteiger partial charge on any atom is -0.490 e. The number of carbonyl (C=O) groups excluding carboxylic acids is 2. The van der Waals surface area contributed by atoms with E-state index in [9.17, 15) is 14.4 Å². The summed E-state index contributed by atoms with van der Waals surface area (Å²) < 4.78 is 5.89. The topological polar surface area (TPSA) is 95.9 Å². The van der Waals surface area contributed by atoms with Gasteiger partial charge in [0, 0.05) is 5.56 Å². The Balaban J connectivity index is 1.98. The lowest BCUT2D eigenvalue weighted by Crippen LogP contribution is -2.54. The van der Waals surface area contributed by atoms with Crippen molar-refractivity contribution in [1.29, 1.82) is 0 Å². The van der Waals surface area contributed by atoms with Gasteiger partial charge < -0.3 is 9.84 Å². The first-order valence-corrected chi connectivity index (χ1v) is 9.73. The fourth-order valence-corrected chi connectivity index (χ4v) is 3.09. The van der Waals surface area contributed by atoms with E-state index >= 15 is 0 Å². The molecule has 0 aliphatic carbocycles. The predicted molar refractivity (Wildman–Crippen MR) is 116 cm³/mol. The lowest BCUT2D eigenvalue weighted by Gasteiger charge is -2.29. The second-order valence-electron chi connectivity index (χ2n) is 6.68. The maximum absolute atomic E-state index is 13.1. The number of nitrogens with zero attached hydrogens (tertiary/aromatic N) is 1. The van der Waals surface area contributed by atoms with Crippen LogP contribution in [0.2, 0.25) is 0 Å². The maximum Gasteiger partial charge on any atom is 0.335 e. The molecule has 3 rings (SSSR count). The highest BCUT2D eigenvalue weighted by Gasteiger charge is 2.34. The maximum atomic E-state index is 13.1. The molecule has 1 aliphatic rings. The monoisotopic (exact) mass is 424 g/mol. The van der Waals surface area contributed by atoms with Crippen molar-refractivity contribution in [2.75, 3.05) is 4.90 Å². The van der Waals surface area contributed by atoms with Crippen molar-refractivity contribution in [3.8, 4) is 5.75 Å². The highest BCUT2D eigenvalue weighted by Crippen LogP contribution is 2.26. The molecule has 0 unspecified atom stereocenters. The van der Waals surface area contributed by atoms with Crippen molar-refractivity contribution in [3.63, 3.8) is 0 Å². The van der Waals surface area contributed by atoms with Crippen LogP contribution in [0.5, 0.6) is 5.75 Å². The second kappa shape index (κ2) is 8.87. The Hall–Kier alpha value is -3.52. The van der Waals surface area contributed by atoms with E-state index in [1.165, 1.54) is 30.3 Å². The van der Waals surface area contributed by atoms with Gasteiger partial charge in [-0.2, -0.15) is 0 Å². The largest absolute Gasteiger partial charge is 0.490 e. The number of nitrogens with one attached hydrogen (secondary N) is 1. The van der Waals surface area contributed by atoms with Gasteiger partial charge in [-0.25, -0.2) is 4.79 Å². The number of amides is 2. The second-order valence-corrected chi connectivity index (χ2v) is 7.07. The van der Waals surface area contributed by atoms with Crippen LogP contribution >= 0.6 is 12.2 Å². The van der Waals surface area contributed by atoms with E-state index < -0.39 is 17.8 Å². The van der Waals surface area contributed by atoms with Crippen LogP contribution in [0.4, 0.5) is 5.69 Å². The Kier molecular flexibility index (Phi) is 6.27. The summed E-state index contributed by atoms with van der Waals surface area (Å²) in [5.41, 5.74) is 0.909. The highest BCUT2D eigenvalue weighted by atomic mass is 32.1. The third kappa shape index (κ3) is 4.38. The number of thiocarbonyl (C=S) groups is 1. The molecule has 8 heteroatoms. The quantitative estimate of drug-likeness (QED) is 0.419. The molecule has 1 heterocycles. The Morgan fingerprint density at radius 1 is 1.20 bits per heavy atom. The molecule has 1 atom stereocenters.